The van der Waals surface area contributed by atoms with Gasteiger partial charge in [-0.15, -0.1) is 0 Å². The van der Waals surface area contributed by atoms with Crippen LogP contribution in [-0.4, -0.2) is 141 Å². The minimum atomic E-state index is -1.75. The lowest BCUT2D eigenvalue weighted by Gasteiger charge is -2.48. The van der Waals surface area contributed by atoms with Gasteiger partial charge in [0.25, 0.3) is 0 Å². The molecular weight excluding hydrogens is 688 g/mol. The second-order valence-electron chi connectivity index (χ2n) is 15.9. The molecule has 0 saturated carbocycles. The number of unbranched alkanes of at least 4 members (excludes halogenated alkanes) is 1. The van der Waals surface area contributed by atoms with Gasteiger partial charge in [-0.25, -0.2) is 4.79 Å². The molecule has 0 aromatic heterocycles. The number of ketones is 1. The van der Waals surface area contributed by atoms with E-state index in [1.165, 1.54) is 21.1 Å². The molecule has 2 saturated heterocycles. The molecule has 14 heteroatoms. The van der Waals surface area contributed by atoms with Gasteiger partial charge in [0.2, 0.25) is 0 Å². The van der Waals surface area contributed by atoms with Crippen molar-refractivity contribution in [3.63, 3.8) is 0 Å². The lowest BCUT2D eigenvalue weighted by molar-refractivity contribution is -0.301. The van der Waals surface area contributed by atoms with Crippen LogP contribution in [0.3, 0.4) is 0 Å². The molecule has 0 aromatic rings. The SMILES string of the molecule is CCCCOCCCNC(=O)O[C@H]1[C@H](C)[C@@H](O[C@@H]2O[C@H](C)C[C@H](N(C)C)[C@H]2O)[C@](C)(OC)C[C@@H](C)C(=O)[C@H](C)[C@@H](OC)[C@](C)(O)[C@@H](CC)OC(=O)[C@@H]1C. The van der Waals surface area contributed by atoms with Crippen LogP contribution in [0.2, 0.25) is 0 Å². The minimum absolute atomic E-state index is 0.142. The Balaban J connectivity index is 2.67. The second-order valence-corrected chi connectivity index (χ2v) is 15.9. The molecule has 0 radical (unpaired) electrons. The number of carbonyl (C=O) groups is 3. The number of aliphatic hydroxyl groups is 2. The monoisotopic (exact) mass is 761 g/mol. The number of aliphatic hydroxyl groups excluding tert-OH is 1. The Morgan fingerprint density at radius 3 is 2.21 bits per heavy atom. The number of cyclic esters (lactones) is 1. The number of nitrogens with zero attached hydrogens (tertiary/aromatic N) is 1. The fourth-order valence-corrected chi connectivity index (χ4v) is 8.09. The van der Waals surface area contributed by atoms with Gasteiger partial charge in [-0.1, -0.05) is 41.0 Å². The van der Waals surface area contributed by atoms with Gasteiger partial charge in [-0.3, -0.25) is 9.59 Å². The predicted octanol–water partition coefficient (Wildman–Crippen LogP) is 4.11. The van der Waals surface area contributed by atoms with Gasteiger partial charge in [0, 0.05) is 57.8 Å². The molecule has 2 aliphatic rings. The lowest BCUT2D eigenvalue weighted by atomic mass is 9.73. The highest BCUT2D eigenvalue weighted by Gasteiger charge is 2.53. The highest BCUT2D eigenvalue weighted by Crippen LogP contribution is 2.40. The summed E-state index contributed by atoms with van der Waals surface area (Å²) in [6.45, 7) is 17.3. The van der Waals surface area contributed by atoms with Crippen molar-refractivity contribution < 1.29 is 57.8 Å². The van der Waals surface area contributed by atoms with E-state index in [4.69, 9.17) is 33.2 Å². The molecule has 14 nitrogen and oxygen atoms in total. The average Bonchev–Trinajstić information content (AvgIpc) is 3.10. The van der Waals surface area contributed by atoms with E-state index in [9.17, 15) is 24.6 Å². The average molecular weight is 761 g/mol. The van der Waals surface area contributed by atoms with Crippen molar-refractivity contribution in [1.82, 2.24) is 10.2 Å². The van der Waals surface area contributed by atoms with Crippen molar-refractivity contribution in [2.45, 2.75) is 161 Å². The van der Waals surface area contributed by atoms with Crippen LogP contribution in [0.15, 0.2) is 0 Å². The van der Waals surface area contributed by atoms with Crippen LogP contribution in [-0.2, 0) is 42.7 Å². The number of alkyl carbamates (subject to hydrolysis) is 1. The number of Topliss-reactive ketones (excluding diaryl/α,β-unsaturated/α-hetero) is 1. The zero-order valence-corrected chi connectivity index (χ0v) is 34.7. The molecule has 14 atom stereocenters. The first-order valence-electron chi connectivity index (χ1n) is 19.5. The van der Waals surface area contributed by atoms with E-state index in [1.54, 1.807) is 41.5 Å². The summed E-state index contributed by atoms with van der Waals surface area (Å²) in [6, 6.07) is -0.282. The first kappa shape index (κ1) is 47.2. The second kappa shape index (κ2) is 21.4. The van der Waals surface area contributed by atoms with Crippen LogP contribution in [0.25, 0.3) is 0 Å². The van der Waals surface area contributed by atoms with E-state index in [1.807, 2.05) is 25.9 Å². The summed E-state index contributed by atoms with van der Waals surface area (Å²) in [5.74, 6) is -4.18. The molecule has 3 N–H and O–H groups in total. The van der Waals surface area contributed by atoms with Crippen molar-refractivity contribution in [1.29, 1.82) is 0 Å². The number of ether oxygens (including phenoxy) is 7. The summed E-state index contributed by atoms with van der Waals surface area (Å²) in [5, 5.41) is 26.2. The Morgan fingerprint density at radius 1 is 1.00 bits per heavy atom. The number of esters is 1. The number of carbonyl (C=O) groups excluding carboxylic acids is 3. The zero-order chi connectivity index (χ0) is 40.3. The largest absolute Gasteiger partial charge is 0.459 e. The topological polar surface area (TPSA) is 172 Å². The molecule has 53 heavy (non-hydrogen) atoms. The molecule has 0 spiro atoms. The van der Waals surface area contributed by atoms with E-state index in [0.717, 1.165) is 12.8 Å². The third-order valence-corrected chi connectivity index (χ3v) is 11.3. The third kappa shape index (κ3) is 12.3. The maximum atomic E-state index is 14.1. The van der Waals surface area contributed by atoms with Gasteiger partial charge >= 0.3 is 12.1 Å². The van der Waals surface area contributed by atoms with Crippen molar-refractivity contribution in [3.05, 3.63) is 0 Å². The van der Waals surface area contributed by atoms with Crippen molar-refractivity contribution in [2.75, 3.05) is 48.1 Å². The van der Waals surface area contributed by atoms with Crippen LogP contribution in [0.1, 0.15) is 101 Å². The van der Waals surface area contributed by atoms with Crippen LogP contribution < -0.4 is 5.32 Å². The van der Waals surface area contributed by atoms with Crippen molar-refractivity contribution in [3.8, 4) is 0 Å². The standard InChI is InChI=1S/C39H72N2O12/c1-14-16-19-49-20-17-18-40-37(45)52-32-26(6)33(53-36-31(43)28(41(10)11)21-24(4)50-36)38(8,48-13)22-23(3)30(42)25(5)34(47-12)39(9,46)29(15-2)51-35(44)27(32)7/h23-29,31-34,36,43,46H,14-22H2,1-13H3,(H,40,45)/t23-,24-,25+,26+,27-,28+,29-,31-,32+,33-,34-,36+,38-,39-/m1/s1. The number of nitrogens with one attached hydrogen (secondary N) is 1. The lowest BCUT2D eigenvalue weighted by Crippen LogP contribution is -2.61. The highest BCUT2D eigenvalue weighted by molar-refractivity contribution is 5.83. The van der Waals surface area contributed by atoms with Gasteiger partial charge in [0.05, 0.1) is 29.8 Å². The Hall–Kier alpha value is -1.91. The zero-order valence-electron chi connectivity index (χ0n) is 34.7. The smallest absolute Gasteiger partial charge is 0.407 e. The molecule has 2 heterocycles. The normalized spacial score (nSPS) is 39.3. The van der Waals surface area contributed by atoms with Crippen LogP contribution in [0, 0.1) is 23.7 Å². The van der Waals surface area contributed by atoms with Gasteiger partial charge in [0.1, 0.15) is 29.7 Å². The fourth-order valence-electron chi connectivity index (χ4n) is 8.09. The quantitative estimate of drug-likeness (QED) is 0.171. The predicted molar refractivity (Wildman–Crippen MR) is 199 cm³/mol. The van der Waals surface area contributed by atoms with E-state index in [-0.39, 0.29) is 37.3 Å². The van der Waals surface area contributed by atoms with Crippen molar-refractivity contribution in [2.24, 2.45) is 23.7 Å². The molecule has 2 fully saturated rings. The third-order valence-electron chi connectivity index (χ3n) is 11.3. The van der Waals surface area contributed by atoms with E-state index >= 15 is 0 Å². The number of amides is 1. The first-order chi connectivity index (χ1) is 24.8. The van der Waals surface area contributed by atoms with Crippen LogP contribution in [0.5, 0.6) is 0 Å². The Morgan fingerprint density at radius 2 is 1.64 bits per heavy atom. The first-order valence-corrected chi connectivity index (χ1v) is 19.5. The van der Waals surface area contributed by atoms with Gasteiger partial charge in [-0.05, 0) is 73.9 Å². The van der Waals surface area contributed by atoms with Crippen LogP contribution in [0.4, 0.5) is 4.79 Å². The van der Waals surface area contributed by atoms with Gasteiger partial charge < -0.3 is 53.6 Å². The maximum Gasteiger partial charge on any atom is 0.407 e. The van der Waals surface area contributed by atoms with Gasteiger partial charge in [-0.2, -0.15) is 0 Å². The highest BCUT2D eigenvalue weighted by atomic mass is 16.7. The Labute approximate surface area is 318 Å². The van der Waals surface area contributed by atoms with E-state index < -0.39 is 83.7 Å². The molecule has 310 valence electrons. The van der Waals surface area contributed by atoms with E-state index in [0.29, 0.717) is 26.1 Å². The Kier molecular flexibility index (Phi) is 19.1. The summed E-state index contributed by atoms with van der Waals surface area (Å²) in [7, 11) is 6.67. The molecular formula is C39H72N2O12. The summed E-state index contributed by atoms with van der Waals surface area (Å²) in [4.78, 5) is 43.6. The number of hydrogen-bond donors (Lipinski definition) is 3. The van der Waals surface area contributed by atoms with Crippen LogP contribution >= 0.6 is 0 Å². The minimum Gasteiger partial charge on any atom is -0.459 e. The Bertz CT molecular complexity index is 1140. The van der Waals surface area contributed by atoms with E-state index in [2.05, 4.69) is 12.2 Å². The molecule has 1 amide bonds. The fraction of sp³-hybridized carbons (Fsp3) is 0.923. The number of hydrogen-bond acceptors (Lipinski definition) is 13. The van der Waals surface area contributed by atoms with Crippen molar-refractivity contribution >= 4 is 17.8 Å². The molecule has 0 aliphatic carbocycles. The molecule has 0 bridgehead atoms. The maximum absolute atomic E-state index is 14.1. The summed E-state index contributed by atoms with van der Waals surface area (Å²) >= 11 is 0. The molecule has 0 unspecified atom stereocenters. The summed E-state index contributed by atoms with van der Waals surface area (Å²) in [5.41, 5.74) is -3.00. The number of likely N-dealkylation sites (N-methyl/N-ethyl adjacent to an activating group) is 1. The summed E-state index contributed by atoms with van der Waals surface area (Å²) in [6.07, 6.45) is -3.92. The molecule has 2 rings (SSSR count). The number of rotatable bonds is 14. The molecule has 0 aromatic carbocycles. The number of methoxy groups -OCH3 is 2. The summed E-state index contributed by atoms with van der Waals surface area (Å²) < 4.78 is 42.7. The van der Waals surface area contributed by atoms with Gasteiger partial charge in [0.15, 0.2) is 6.29 Å². The molecule has 2 aliphatic heterocycles.